The predicted molar refractivity (Wildman–Crippen MR) is 79.2 cm³/mol. The molecule has 0 heterocycles. The first-order chi connectivity index (χ1) is 9.39. The molecule has 1 aromatic carbocycles. The van der Waals surface area contributed by atoms with Gasteiger partial charge in [0.15, 0.2) is 0 Å². The van der Waals surface area contributed by atoms with Crippen molar-refractivity contribution >= 4 is 0 Å². The molecule has 0 spiro atoms. The van der Waals surface area contributed by atoms with Gasteiger partial charge in [-0.2, -0.15) is 0 Å². The number of benzene rings is 1. The quantitative estimate of drug-likeness (QED) is 0.745. The van der Waals surface area contributed by atoms with Gasteiger partial charge in [-0.25, -0.2) is 0 Å². The second kappa shape index (κ2) is 7.62. The Hall–Kier alpha value is -1.10. The van der Waals surface area contributed by atoms with E-state index in [2.05, 4.69) is 0 Å². The van der Waals surface area contributed by atoms with Gasteiger partial charge in [0.25, 0.3) is 0 Å². The van der Waals surface area contributed by atoms with Crippen LogP contribution in [-0.4, -0.2) is 38.1 Å². The van der Waals surface area contributed by atoms with Crippen molar-refractivity contribution in [2.45, 2.75) is 38.9 Å². The summed E-state index contributed by atoms with van der Waals surface area (Å²) in [6.45, 7) is 6.80. The number of rotatable bonds is 8. The van der Waals surface area contributed by atoms with Crippen LogP contribution in [0.5, 0.6) is 5.75 Å². The van der Waals surface area contributed by atoms with Gasteiger partial charge in [-0.15, -0.1) is 0 Å². The van der Waals surface area contributed by atoms with Crippen LogP contribution in [-0.2, 0) is 9.47 Å². The minimum atomic E-state index is -0.685. The molecular formula is C16H26O4. The van der Waals surface area contributed by atoms with Crippen LogP contribution in [0.25, 0.3) is 0 Å². The number of hydrogen-bond donors (Lipinski definition) is 1. The third-order valence-electron chi connectivity index (χ3n) is 3.42. The standard InChI is InChI=1S/C16H26O4/c1-12-6-7-15(18-4)13(10-12)14(17)11-20-9-8-16(2,3)19-5/h6-7,10,14,17H,8-9,11H2,1-5H3. The maximum Gasteiger partial charge on any atom is 0.124 e. The third-order valence-corrected chi connectivity index (χ3v) is 3.42. The van der Waals surface area contributed by atoms with Gasteiger partial charge < -0.3 is 19.3 Å². The van der Waals surface area contributed by atoms with Crippen LogP contribution < -0.4 is 4.74 Å². The zero-order chi connectivity index (χ0) is 15.2. The lowest BCUT2D eigenvalue weighted by molar-refractivity contribution is -0.0251. The first-order valence-corrected chi connectivity index (χ1v) is 6.85. The van der Waals surface area contributed by atoms with E-state index in [-0.39, 0.29) is 12.2 Å². The van der Waals surface area contributed by atoms with Crippen molar-refractivity contribution in [1.29, 1.82) is 0 Å². The molecule has 114 valence electrons. The summed E-state index contributed by atoms with van der Waals surface area (Å²) in [5.74, 6) is 0.684. The van der Waals surface area contributed by atoms with E-state index in [4.69, 9.17) is 14.2 Å². The number of methoxy groups -OCH3 is 2. The van der Waals surface area contributed by atoms with Crippen molar-refractivity contribution in [3.8, 4) is 5.75 Å². The van der Waals surface area contributed by atoms with Gasteiger partial charge in [-0.1, -0.05) is 11.6 Å². The maximum atomic E-state index is 10.2. The zero-order valence-corrected chi connectivity index (χ0v) is 13.1. The largest absolute Gasteiger partial charge is 0.496 e. The molecule has 0 bridgehead atoms. The van der Waals surface area contributed by atoms with Gasteiger partial charge in [-0.3, -0.25) is 0 Å². The fourth-order valence-electron chi connectivity index (χ4n) is 1.82. The summed E-state index contributed by atoms with van der Waals surface area (Å²) in [4.78, 5) is 0. The summed E-state index contributed by atoms with van der Waals surface area (Å²) in [5, 5.41) is 10.2. The highest BCUT2D eigenvalue weighted by Gasteiger charge is 2.17. The fourth-order valence-corrected chi connectivity index (χ4v) is 1.82. The lowest BCUT2D eigenvalue weighted by atomic mass is 10.1. The van der Waals surface area contributed by atoms with E-state index >= 15 is 0 Å². The third kappa shape index (κ3) is 5.12. The first-order valence-electron chi connectivity index (χ1n) is 6.85. The van der Waals surface area contributed by atoms with Gasteiger partial charge in [0, 0.05) is 19.3 Å². The molecule has 4 heteroatoms. The monoisotopic (exact) mass is 282 g/mol. The SMILES string of the molecule is COc1ccc(C)cc1C(O)COCCC(C)(C)OC. The van der Waals surface area contributed by atoms with Gasteiger partial charge in [0.05, 0.1) is 19.3 Å². The summed E-state index contributed by atoms with van der Waals surface area (Å²) >= 11 is 0. The summed E-state index contributed by atoms with van der Waals surface area (Å²) in [7, 11) is 3.29. The second-order valence-corrected chi connectivity index (χ2v) is 5.55. The molecule has 0 amide bonds. The highest BCUT2D eigenvalue weighted by atomic mass is 16.5. The average Bonchev–Trinajstić information content (AvgIpc) is 2.43. The molecule has 0 saturated heterocycles. The van der Waals surface area contributed by atoms with Crippen molar-refractivity contribution in [3.05, 3.63) is 29.3 Å². The van der Waals surface area contributed by atoms with Crippen LogP contribution in [0.4, 0.5) is 0 Å². The Morgan fingerprint density at radius 2 is 1.95 bits per heavy atom. The Labute approximate surface area is 121 Å². The molecule has 0 radical (unpaired) electrons. The fraction of sp³-hybridized carbons (Fsp3) is 0.625. The zero-order valence-electron chi connectivity index (χ0n) is 13.1. The molecule has 1 N–H and O–H groups in total. The summed E-state index contributed by atoms with van der Waals surface area (Å²) in [6, 6.07) is 5.74. The average molecular weight is 282 g/mol. The number of aryl methyl sites for hydroxylation is 1. The molecule has 0 aliphatic carbocycles. The van der Waals surface area contributed by atoms with Crippen LogP contribution in [0.2, 0.25) is 0 Å². The topological polar surface area (TPSA) is 47.9 Å². The lowest BCUT2D eigenvalue weighted by Gasteiger charge is -2.23. The van der Waals surface area contributed by atoms with Crippen LogP contribution >= 0.6 is 0 Å². The molecular weight excluding hydrogens is 256 g/mol. The van der Waals surface area contributed by atoms with E-state index in [0.717, 1.165) is 17.5 Å². The molecule has 1 aromatic rings. The first kappa shape index (κ1) is 17.0. The summed E-state index contributed by atoms with van der Waals surface area (Å²) in [6.07, 6.45) is 0.0942. The highest BCUT2D eigenvalue weighted by molar-refractivity contribution is 5.38. The molecule has 1 unspecified atom stereocenters. The summed E-state index contributed by atoms with van der Waals surface area (Å²) in [5.41, 5.74) is 1.64. The minimum Gasteiger partial charge on any atom is -0.496 e. The molecule has 0 aliphatic heterocycles. The number of aliphatic hydroxyl groups is 1. The number of ether oxygens (including phenoxy) is 3. The second-order valence-electron chi connectivity index (χ2n) is 5.55. The van der Waals surface area contributed by atoms with Crippen molar-refractivity contribution in [1.82, 2.24) is 0 Å². The van der Waals surface area contributed by atoms with Crippen molar-refractivity contribution in [3.63, 3.8) is 0 Å². The molecule has 0 aromatic heterocycles. The van der Waals surface area contributed by atoms with E-state index in [9.17, 15) is 5.11 Å². The molecule has 0 saturated carbocycles. The Balaban J connectivity index is 2.51. The molecule has 20 heavy (non-hydrogen) atoms. The van der Waals surface area contributed by atoms with Crippen LogP contribution in [0, 0.1) is 6.92 Å². The van der Waals surface area contributed by atoms with Crippen molar-refractivity contribution in [2.24, 2.45) is 0 Å². The maximum absolute atomic E-state index is 10.2. The smallest absolute Gasteiger partial charge is 0.124 e. The molecule has 1 rings (SSSR count). The summed E-state index contributed by atoms with van der Waals surface area (Å²) < 4.78 is 16.1. The van der Waals surface area contributed by atoms with Crippen molar-refractivity contribution in [2.75, 3.05) is 27.4 Å². The normalized spacial score (nSPS) is 13.3. The van der Waals surface area contributed by atoms with E-state index < -0.39 is 6.10 Å². The molecule has 1 atom stereocenters. The van der Waals surface area contributed by atoms with Gasteiger partial charge in [-0.05, 0) is 39.3 Å². The Morgan fingerprint density at radius 1 is 1.25 bits per heavy atom. The predicted octanol–water partition coefficient (Wildman–Crippen LogP) is 2.87. The van der Waals surface area contributed by atoms with Gasteiger partial charge in [0.2, 0.25) is 0 Å². The van der Waals surface area contributed by atoms with Crippen molar-refractivity contribution < 1.29 is 19.3 Å². The van der Waals surface area contributed by atoms with E-state index in [1.807, 2.05) is 39.0 Å². The van der Waals surface area contributed by atoms with Crippen LogP contribution in [0.1, 0.15) is 37.5 Å². The molecule has 0 fully saturated rings. The lowest BCUT2D eigenvalue weighted by Crippen LogP contribution is -2.25. The molecule has 4 nitrogen and oxygen atoms in total. The van der Waals surface area contributed by atoms with Gasteiger partial charge >= 0.3 is 0 Å². The van der Waals surface area contributed by atoms with Crippen LogP contribution in [0.15, 0.2) is 18.2 Å². The Kier molecular flexibility index (Phi) is 6.46. The van der Waals surface area contributed by atoms with Crippen LogP contribution in [0.3, 0.4) is 0 Å². The Morgan fingerprint density at radius 3 is 2.55 bits per heavy atom. The minimum absolute atomic E-state index is 0.202. The van der Waals surface area contributed by atoms with E-state index in [0.29, 0.717) is 12.4 Å². The highest BCUT2D eigenvalue weighted by Crippen LogP contribution is 2.26. The Bertz CT molecular complexity index is 415. The number of aliphatic hydroxyl groups excluding tert-OH is 1. The van der Waals surface area contributed by atoms with E-state index in [1.54, 1.807) is 14.2 Å². The molecule has 0 aliphatic rings. The van der Waals surface area contributed by atoms with E-state index in [1.165, 1.54) is 0 Å². The number of hydrogen-bond acceptors (Lipinski definition) is 4. The van der Waals surface area contributed by atoms with Gasteiger partial charge in [0.1, 0.15) is 11.9 Å².